The van der Waals surface area contributed by atoms with Crippen molar-refractivity contribution in [2.75, 3.05) is 25.5 Å². The number of aromatic amines is 1. The van der Waals surface area contributed by atoms with Gasteiger partial charge in [0.15, 0.2) is 0 Å². The zero-order valence-electron chi connectivity index (χ0n) is 14.6. The lowest BCUT2D eigenvalue weighted by Crippen LogP contribution is -2.42. The lowest BCUT2D eigenvalue weighted by Gasteiger charge is -2.32. The number of hydrogen-bond donors (Lipinski definition) is 2. The fourth-order valence-corrected chi connectivity index (χ4v) is 3.38. The van der Waals surface area contributed by atoms with Gasteiger partial charge in [0, 0.05) is 42.3 Å². The second kappa shape index (κ2) is 7.03. The minimum Gasteiger partial charge on any atom is -0.481 e. The second-order valence-electron chi connectivity index (χ2n) is 6.40. The Morgan fingerprint density at radius 2 is 2.08 bits per heavy atom. The second-order valence-corrected chi connectivity index (χ2v) is 6.40. The topological polar surface area (TPSA) is 83.1 Å². The molecule has 0 bridgehead atoms. The Morgan fingerprint density at radius 3 is 2.88 bits per heavy atom. The molecule has 134 valence electrons. The molecule has 0 saturated carbocycles. The summed E-state index contributed by atoms with van der Waals surface area (Å²) in [4.78, 5) is 26.2. The first kappa shape index (κ1) is 16.4. The zero-order chi connectivity index (χ0) is 17.9. The van der Waals surface area contributed by atoms with E-state index in [0.717, 1.165) is 48.2 Å². The van der Waals surface area contributed by atoms with E-state index in [1.807, 2.05) is 35.4 Å². The molecule has 2 aromatic heterocycles. The maximum absolute atomic E-state index is 12.9. The summed E-state index contributed by atoms with van der Waals surface area (Å²) >= 11 is 0. The summed E-state index contributed by atoms with van der Waals surface area (Å²) in [6.45, 7) is 1.44. The van der Waals surface area contributed by atoms with Crippen molar-refractivity contribution in [3.05, 3.63) is 48.4 Å². The van der Waals surface area contributed by atoms with Crippen LogP contribution in [-0.2, 0) is 0 Å². The minimum absolute atomic E-state index is 0.0876. The zero-order valence-corrected chi connectivity index (χ0v) is 14.6. The van der Waals surface area contributed by atoms with Crippen LogP contribution in [0.1, 0.15) is 23.2 Å². The number of fused-ring (bicyclic) bond motifs is 1. The van der Waals surface area contributed by atoms with Crippen LogP contribution in [0.4, 0.5) is 5.82 Å². The van der Waals surface area contributed by atoms with E-state index in [-0.39, 0.29) is 11.9 Å². The molecule has 4 rings (SSSR count). The largest absolute Gasteiger partial charge is 0.481 e. The van der Waals surface area contributed by atoms with Gasteiger partial charge in [-0.15, -0.1) is 0 Å². The summed E-state index contributed by atoms with van der Waals surface area (Å²) in [5.74, 6) is 1.37. The molecular formula is C19H21N5O2. The van der Waals surface area contributed by atoms with E-state index < -0.39 is 0 Å². The lowest BCUT2D eigenvalue weighted by molar-refractivity contribution is 0.0720. The van der Waals surface area contributed by atoms with Gasteiger partial charge in [-0.3, -0.25) is 4.79 Å². The molecule has 7 heteroatoms. The van der Waals surface area contributed by atoms with Gasteiger partial charge >= 0.3 is 0 Å². The molecule has 3 aromatic rings. The SMILES string of the molecule is COc1cc(NC2CCN(C(=O)c3c[nH]c4ccccc34)CC2)ncn1. The number of nitrogens with one attached hydrogen (secondary N) is 2. The number of likely N-dealkylation sites (tertiary alicyclic amines) is 1. The van der Waals surface area contributed by atoms with Crippen LogP contribution in [0.5, 0.6) is 5.88 Å². The predicted octanol–water partition coefficient (Wildman–Crippen LogP) is 2.68. The number of rotatable bonds is 4. The number of para-hydroxylation sites is 1. The summed E-state index contributed by atoms with van der Waals surface area (Å²) in [5, 5.41) is 4.38. The number of methoxy groups -OCH3 is 1. The maximum atomic E-state index is 12.9. The average Bonchev–Trinajstić information content (AvgIpc) is 3.12. The monoisotopic (exact) mass is 351 g/mol. The third kappa shape index (κ3) is 3.20. The van der Waals surface area contributed by atoms with Crippen LogP contribution in [0, 0.1) is 0 Å². The van der Waals surface area contributed by atoms with E-state index in [0.29, 0.717) is 5.88 Å². The molecule has 1 aromatic carbocycles. The third-order valence-corrected chi connectivity index (χ3v) is 4.80. The Bertz CT molecular complexity index is 915. The number of aromatic nitrogens is 3. The fourth-order valence-electron chi connectivity index (χ4n) is 3.38. The van der Waals surface area contributed by atoms with E-state index in [9.17, 15) is 4.79 Å². The number of carbonyl (C=O) groups excluding carboxylic acids is 1. The number of benzene rings is 1. The molecule has 1 saturated heterocycles. The first-order chi connectivity index (χ1) is 12.7. The van der Waals surface area contributed by atoms with Crippen molar-refractivity contribution in [3.63, 3.8) is 0 Å². The lowest BCUT2D eigenvalue weighted by atomic mass is 10.0. The molecule has 0 spiro atoms. The molecule has 0 atom stereocenters. The number of ether oxygens (including phenoxy) is 1. The standard InChI is InChI=1S/C19H21N5O2/c1-26-18-10-17(21-12-22-18)23-13-6-8-24(9-7-13)19(25)15-11-20-16-5-3-2-4-14(15)16/h2-5,10-13,20H,6-9H2,1H3,(H,21,22,23). The van der Waals surface area contributed by atoms with Crippen LogP contribution >= 0.6 is 0 Å². The highest BCUT2D eigenvalue weighted by Crippen LogP contribution is 2.22. The number of piperidine rings is 1. The quantitative estimate of drug-likeness (QED) is 0.755. The van der Waals surface area contributed by atoms with Crippen LogP contribution in [0.2, 0.25) is 0 Å². The van der Waals surface area contributed by atoms with Crippen molar-refractivity contribution in [2.24, 2.45) is 0 Å². The normalized spacial score (nSPS) is 15.2. The number of hydrogen-bond acceptors (Lipinski definition) is 5. The highest BCUT2D eigenvalue weighted by atomic mass is 16.5. The van der Waals surface area contributed by atoms with E-state index in [4.69, 9.17) is 4.74 Å². The van der Waals surface area contributed by atoms with Crippen LogP contribution in [0.15, 0.2) is 42.9 Å². The van der Waals surface area contributed by atoms with Crippen molar-refractivity contribution in [1.82, 2.24) is 19.9 Å². The van der Waals surface area contributed by atoms with Gasteiger partial charge in [0.1, 0.15) is 12.1 Å². The van der Waals surface area contributed by atoms with Gasteiger partial charge < -0.3 is 19.9 Å². The third-order valence-electron chi connectivity index (χ3n) is 4.80. The molecule has 3 heterocycles. The Kier molecular flexibility index (Phi) is 4.43. The molecule has 7 nitrogen and oxygen atoms in total. The molecule has 1 aliphatic rings. The average molecular weight is 351 g/mol. The smallest absolute Gasteiger partial charge is 0.256 e. The maximum Gasteiger partial charge on any atom is 0.256 e. The van der Waals surface area contributed by atoms with Crippen molar-refractivity contribution in [2.45, 2.75) is 18.9 Å². The van der Waals surface area contributed by atoms with Gasteiger partial charge in [-0.2, -0.15) is 0 Å². The highest BCUT2D eigenvalue weighted by Gasteiger charge is 2.25. The molecule has 1 aliphatic heterocycles. The Hall–Kier alpha value is -3.09. The minimum atomic E-state index is 0.0876. The first-order valence-electron chi connectivity index (χ1n) is 8.72. The van der Waals surface area contributed by atoms with E-state index in [1.54, 1.807) is 13.2 Å². The Labute approximate surface area is 151 Å². The van der Waals surface area contributed by atoms with Crippen LogP contribution in [-0.4, -0.2) is 52.0 Å². The van der Waals surface area contributed by atoms with Gasteiger partial charge in [0.05, 0.1) is 12.7 Å². The van der Waals surface area contributed by atoms with Crippen LogP contribution < -0.4 is 10.1 Å². The van der Waals surface area contributed by atoms with Crippen molar-refractivity contribution in [3.8, 4) is 5.88 Å². The van der Waals surface area contributed by atoms with Gasteiger partial charge in [0.25, 0.3) is 5.91 Å². The number of nitrogens with zero attached hydrogens (tertiary/aromatic N) is 3. The summed E-state index contributed by atoms with van der Waals surface area (Å²) in [6, 6.07) is 9.95. The van der Waals surface area contributed by atoms with Gasteiger partial charge in [-0.05, 0) is 18.9 Å². The molecule has 0 radical (unpaired) electrons. The Balaban J connectivity index is 1.39. The fraction of sp³-hybridized carbons (Fsp3) is 0.316. The summed E-state index contributed by atoms with van der Waals surface area (Å²) in [5.41, 5.74) is 1.73. The van der Waals surface area contributed by atoms with Crippen LogP contribution in [0.3, 0.4) is 0 Å². The Morgan fingerprint density at radius 1 is 1.27 bits per heavy atom. The van der Waals surface area contributed by atoms with Gasteiger partial charge in [-0.1, -0.05) is 18.2 Å². The molecule has 2 N–H and O–H groups in total. The number of anilines is 1. The summed E-state index contributed by atoms with van der Waals surface area (Å²) in [6.07, 6.45) is 5.04. The number of amides is 1. The van der Waals surface area contributed by atoms with Crippen molar-refractivity contribution >= 4 is 22.6 Å². The molecule has 0 aliphatic carbocycles. The van der Waals surface area contributed by atoms with Crippen molar-refractivity contribution < 1.29 is 9.53 Å². The summed E-state index contributed by atoms with van der Waals surface area (Å²) in [7, 11) is 1.58. The van der Waals surface area contributed by atoms with Gasteiger partial charge in [0.2, 0.25) is 5.88 Å². The number of H-pyrrole nitrogens is 1. The molecule has 1 fully saturated rings. The van der Waals surface area contributed by atoms with E-state index >= 15 is 0 Å². The van der Waals surface area contributed by atoms with Crippen LogP contribution in [0.25, 0.3) is 10.9 Å². The number of carbonyl (C=O) groups is 1. The predicted molar refractivity (Wildman–Crippen MR) is 99.4 cm³/mol. The highest BCUT2D eigenvalue weighted by molar-refractivity contribution is 6.06. The molecule has 1 amide bonds. The molecule has 26 heavy (non-hydrogen) atoms. The van der Waals surface area contributed by atoms with Crippen molar-refractivity contribution in [1.29, 1.82) is 0 Å². The van der Waals surface area contributed by atoms with Gasteiger partial charge in [-0.25, -0.2) is 9.97 Å². The molecule has 0 unspecified atom stereocenters. The summed E-state index contributed by atoms with van der Waals surface area (Å²) < 4.78 is 5.12. The first-order valence-corrected chi connectivity index (χ1v) is 8.72. The van der Waals surface area contributed by atoms with E-state index in [2.05, 4.69) is 20.3 Å². The molecular weight excluding hydrogens is 330 g/mol. The van der Waals surface area contributed by atoms with E-state index in [1.165, 1.54) is 6.33 Å².